The third kappa shape index (κ3) is 5.33. The zero-order chi connectivity index (χ0) is 21.5. The Balaban J connectivity index is 1.63. The lowest BCUT2D eigenvalue weighted by atomic mass is 9.98. The molecule has 0 aliphatic heterocycles. The lowest BCUT2D eigenvalue weighted by Crippen LogP contribution is -2.28. The summed E-state index contributed by atoms with van der Waals surface area (Å²) in [4.78, 5) is 37.4. The molecule has 0 atom stereocenters. The Morgan fingerprint density at radius 3 is 2.20 bits per heavy atom. The van der Waals surface area contributed by atoms with Crippen molar-refractivity contribution in [2.24, 2.45) is 0 Å². The summed E-state index contributed by atoms with van der Waals surface area (Å²) in [6.07, 6.45) is 0. The standard InChI is InChI=1S/C24H20ClNO4/c1-16-10-12-17(13-11-16)23(28)19-7-3-4-8-20(19)24(29)30-15-22(27)26-14-18-6-2-5-9-21(18)25/h2-13H,14-15H2,1H3,(H,26,27). The summed E-state index contributed by atoms with van der Waals surface area (Å²) >= 11 is 6.05. The van der Waals surface area contributed by atoms with E-state index in [1.54, 1.807) is 48.5 Å². The van der Waals surface area contributed by atoms with Gasteiger partial charge in [-0.15, -0.1) is 0 Å². The molecule has 5 nitrogen and oxygen atoms in total. The van der Waals surface area contributed by atoms with E-state index in [1.807, 2.05) is 25.1 Å². The van der Waals surface area contributed by atoms with E-state index in [2.05, 4.69) is 5.32 Å². The van der Waals surface area contributed by atoms with Gasteiger partial charge in [-0.1, -0.05) is 77.8 Å². The molecule has 0 aliphatic rings. The van der Waals surface area contributed by atoms with Crippen LogP contribution in [0.1, 0.15) is 37.4 Å². The molecule has 30 heavy (non-hydrogen) atoms. The molecule has 152 valence electrons. The minimum absolute atomic E-state index is 0.113. The van der Waals surface area contributed by atoms with Crippen LogP contribution in [0.3, 0.4) is 0 Å². The topological polar surface area (TPSA) is 72.5 Å². The maximum Gasteiger partial charge on any atom is 0.339 e. The first-order valence-corrected chi connectivity index (χ1v) is 9.71. The first kappa shape index (κ1) is 21.3. The third-order valence-corrected chi connectivity index (χ3v) is 4.84. The van der Waals surface area contributed by atoms with E-state index < -0.39 is 18.5 Å². The van der Waals surface area contributed by atoms with Crippen LogP contribution in [0.15, 0.2) is 72.8 Å². The quantitative estimate of drug-likeness (QED) is 0.454. The number of ketones is 1. The van der Waals surface area contributed by atoms with Gasteiger partial charge in [0, 0.05) is 22.7 Å². The number of benzene rings is 3. The number of nitrogens with one attached hydrogen (secondary N) is 1. The largest absolute Gasteiger partial charge is 0.452 e. The summed E-state index contributed by atoms with van der Waals surface area (Å²) in [5.74, 6) is -1.49. The normalized spacial score (nSPS) is 10.3. The van der Waals surface area contributed by atoms with Crippen molar-refractivity contribution in [3.63, 3.8) is 0 Å². The summed E-state index contributed by atoms with van der Waals surface area (Å²) in [6, 6.07) is 20.6. The number of rotatable bonds is 7. The lowest BCUT2D eigenvalue weighted by molar-refractivity contribution is -0.124. The van der Waals surface area contributed by atoms with Gasteiger partial charge < -0.3 is 10.1 Å². The molecule has 0 unspecified atom stereocenters. The van der Waals surface area contributed by atoms with Crippen molar-refractivity contribution < 1.29 is 19.1 Å². The number of ether oxygens (including phenoxy) is 1. The summed E-state index contributed by atoms with van der Waals surface area (Å²) in [6.45, 7) is 1.69. The Morgan fingerprint density at radius 2 is 1.50 bits per heavy atom. The third-order valence-electron chi connectivity index (χ3n) is 4.47. The van der Waals surface area contributed by atoms with Gasteiger partial charge in [-0.05, 0) is 24.6 Å². The second-order valence-corrected chi connectivity index (χ2v) is 7.09. The number of halogens is 1. The summed E-state index contributed by atoms with van der Waals surface area (Å²) < 4.78 is 5.12. The van der Waals surface area contributed by atoms with Crippen molar-refractivity contribution in [1.29, 1.82) is 0 Å². The molecule has 6 heteroatoms. The van der Waals surface area contributed by atoms with Crippen molar-refractivity contribution in [3.05, 3.63) is 106 Å². The maximum atomic E-state index is 12.8. The predicted molar refractivity (Wildman–Crippen MR) is 115 cm³/mol. The van der Waals surface area contributed by atoms with Gasteiger partial charge in [0.15, 0.2) is 12.4 Å². The Hall–Kier alpha value is -3.44. The first-order chi connectivity index (χ1) is 14.5. The summed E-state index contributed by atoms with van der Waals surface area (Å²) in [5.41, 5.74) is 2.60. The fourth-order valence-electron chi connectivity index (χ4n) is 2.82. The first-order valence-electron chi connectivity index (χ1n) is 9.33. The zero-order valence-electron chi connectivity index (χ0n) is 16.4. The molecule has 0 radical (unpaired) electrons. The van der Waals surface area contributed by atoms with Crippen LogP contribution >= 0.6 is 11.6 Å². The number of aryl methyl sites for hydroxylation is 1. The van der Waals surface area contributed by atoms with Gasteiger partial charge in [0.25, 0.3) is 5.91 Å². The van der Waals surface area contributed by atoms with Gasteiger partial charge in [-0.3, -0.25) is 9.59 Å². The summed E-state index contributed by atoms with van der Waals surface area (Å²) in [5, 5.41) is 3.19. The Bertz CT molecular complexity index is 1080. The second kappa shape index (κ2) is 9.85. The van der Waals surface area contributed by atoms with E-state index in [4.69, 9.17) is 16.3 Å². The highest BCUT2D eigenvalue weighted by Crippen LogP contribution is 2.17. The molecule has 3 rings (SSSR count). The van der Waals surface area contributed by atoms with Crippen LogP contribution in [-0.4, -0.2) is 24.3 Å². The van der Waals surface area contributed by atoms with Gasteiger partial charge in [-0.25, -0.2) is 4.79 Å². The fraction of sp³-hybridized carbons (Fsp3) is 0.125. The molecule has 0 saturated heterocycles. The van der Waals surface area contributed by atoms with Crippen molar-refractivity contribution in [2.75, 3.05) is 6.61 Å². The molecule has 0 fully saturated rings. The zero-order valence-corrected chi connectivity index (χ0v) is 17.1. The van der Waals surface area contributed by atoms with Crippen LogP contribution in [0.5, 0.6) is 0 Å². The predicted octanol–water partition coefficient (Wildman–Crippen LogP) is 4.35. The Kier molecular flexibility index (Phi) is 6.99. The highest BCUT2D eigenvalue weighted by Gasteiger charge is 2.19. The number of amides is 1. The van der Waals surface area contributed by atoms with Crippen molar-refractivity contribution in [2.45, 2.75) is 13.5 Å². The van der Waals surface area contributed by atoms with Crippen LogP contribution in [-0.2, 0) is 16.1 Å². The van der Waals surface area contributed by atoms with E-state index >= 15 is 0 Å². The molecule has 3 aromatic rings. The molecule has 3 aromatic carbocycles. The highest BCUT2D eigenvalue weighted by atomic mass is 35.5. The van der Waals surface area contributed by atoms with E-state index in [1.165, 1.54) is 6.07 Å². The molecule has 0 saturated carbocycles. The highest BCUT2D eigenvalue weighted by molar-refractivity contribution is 6.31. The Labute approximate surface area is 179 Å². The molecular formula is C24H20ClNO4. The lowest BCUT2D eigenvalue weighted by Gasteiger charge is -2.10. The molecule has 0 aromatic heterocycles. The van der Waals surface area contributed by atoms with Crippen LogP contribution in [0.2, 0.25) is 5.02 Å². The van der Waals surface area contributed by atoms with Crippen LogP contribution in [0, 0.1) is 6.92 Å². The number of carbonyl (C=O) groups excluding carboxylic acids is 3. The van der Waals surface area contributed by atoms with E-state index in [-0.39, 0.29) is 23.5 Å². The van der Waals surface area contributed by atoms with Crippen LogP contribution < -0.4 is 5.32 Å². The number of hydrogen-bond acceptors (Lipinski definition) is 4. The molecule has 1 amide bonds. The van der Waals surface area contributed by atoms with Crippen molar-refractivity contribution in [3.8, 4) is 0 Å². The van der Waals surface area contributed by atoms with Crippen molar-refractivity contribution >= 4 is 29.3 Å². The molecule has 0 heterocycles. The molecular weight excluding hydrogens is 402 g/mol. The summed E-state index contributed by atoms with van der Waals surface area (Å²) in [7, 11) is 0. The van der Waals surface area contributed by atoms with Crippen LogP contribution in [0.25, 0.3) is 0 Å². The average Bonchev–Trinajstić information content (AvgIpc) is 2.77. The van der Waals surface area contributed by atoms with Gasteiger partial charge in [0.05, 0.1) is 5.56 Å². The van der Waals surface area contributed by atoms with Gasteiger partial charge in [-0.2, -0.15) is 0 Å². The SMILES string of the molecule is Cc1ccc(C(=O)c2ccccc2C(=O)OCC(=O)NCc2ccccc2Cl)cc1. The number of carbonyl (C=O) groups is 3. The maximum absolute atomic E-state index is 12.8. The molecule has 0 aliphatic carbocycles. The van der Waals surface area contributed by atoms with Gasteiger partial charge in [0.2, 0.25) is 0 Å². The van der Waals surface area contributed by atoms with Crippen molar-refractivity contribution in [1.82, 2.24) is 5.32 Å². The molecule has 0 bridgehead atoms. The van der Waals surface area contributed by atoms with E-state index in [0.717, 1.165) is 11.1 Å². The smallest absolute Gasteiger partial charge is 0.339 e. The van der Waals surface area contributed by atoms with Gasteiger partial charge in [0.1, 0.15) is 0 Å². The van der Waals surface area contributed by atoms with E-state index in [9.17, 15) is 14.4 Å². The fourth-order valence-corrected chi connectivity index (χ4v) is 3.02. The molecule has 1 N–H and O–H groups in total. The van der Waals surface area contributed by atoms with Gasteiger partial charge >= 0.3 is 5.97 Å². The molecule has 0 spiro atoms. The Morgan fingerprint density at radius 1 is 0.867 bits per heavy atom. The minimum Gasteiger partial charge on any atom is -0.452 e. The second-order valence-electron chi connectivity index (χ2n) is 6.69. The minimum atomic E-state index is -0.737. The average molecular weight is 422 g/mol. The number of hydrogen-bond donors (Lipinski definition) is 1. The van der Waals surface area contributed by atoms with Crippen LogP contribution in [0.4, 0.5) is 0 Å². The monoisotopic (exact) mass is 421 g/mol. The van der Waals surface area contributed by atoms with E-state index in [0.29, 0.717) is 10.6 Å². The number of esters is 1.